The molecule has 7 heteroatoms. The van der Waals surface area contributed by atoms with Crippen molar-refractivity contribution in [1.29, 1.82) is 0 Å². The molecule has 0 aliphatic carbocycles. The number of rotatable bonds is 5. The first-order valence-corrected chi connectivity index (χ1v) is 6.26. The fraction of sp³-hybridized carbons (Fsp3) is 0.133. The van der Waals surface area contributed by atoms with Crippen molar-refractivity contribution in [2.24, 2.45) is 0 Å². The smallest absolute Gasteiger partial charge is 0.315 e. The van der Waals surface area contributed by atoms with Crippen LogP contribution < -0.4 is 4.74 Å². The lowest BCUT2D eigenvalue weighted by Gasteiger charge is -2.05. The average molecular weight is 303 g/mol. The molecule has 0 atom stereocenters. The second-order valence-electron chi connectivity index (χ2n) is 4.48. The van der Waals surface area contributed by atoms with E-state index in [-0.39, 0.29) is 17.3 Å². The van der Waals surface area contributed by atoms with Gasteiger partial charge in [0.15, 0.2) is 11.5 Å². The summed E-state index contributed by atoms with van der Waals surface area (Å²) < 4.78 is 9.95. The van der Waals surface area contributed by atoms with Gasteiger partial charge in [-0.3, -0.25) is 14.9 Å². The number of aromatic hydroxyl groups is 1. The van der Waals surface area contributed by atoms with Crippen molar-refractivity contribution in [3.8, 4) is 11.5 Å². The first kappa shape index (κ1) is 15.3. The van der Waals surface area contributed by atoms with Gasteiger partial charge in [0.2, 0.25) is 11.5 Å². The molecule has 0 amide bonds. The summed E-state index contributed by atoms with van der Waals surface area (Å²) in [5, 5.41) is 20.6. The monoisotopic (exact) mass is 303 g/mol. The van der Waals surface area contributed by atoms with Gasteiger partial charge in [-0.1, -0.05) is 6.08 Å². The van der Waals surface area contributed by atoms with Crippen LogP contribution in [0.5, 0.6) is 11.5 Å². The van der Waals surface area contributed by atoms with Gasteiger partial charge in [0, 0.05) is 6.07 Å². The molecule has 0 saturated heterocycles. The van der Waals surface area contributed by atoms with Crippen molar-refractivity contribution in [3.05, 3.63) is 57.5 Å². The van der Waals surface area contributed by atoms with Crippen LogP contribution in [-0.2, 0) is 0 Å². The van der Waals surface area contributed by atoms with Crippen LogP contribution in [0.15, 0.2) is 35.0 Å². The summed E-state index contributed by atoms with van der Waals surface area (Å²) in [6.07, 6.45) is 4.03. The normalized spacial score (nSPS) is 10.8. The molecule has 1 heterocycles. The largest absolute Gasteiger partial charge is 0.500 e. The number of phenols is 1. The van der Waals surface area contributed by atoms with Crippen LogP contribution >= 0.6 is 0 Å². The van der Waals surface area contributed by atoms with Crippen molar-refractivity contribution in [1.82, 2.24) is 0 Å². The first-order chi connectivity index (χ1) is 10.4. The minimum Gasteiger partial charge on any atom is -0.500 e. The van der Waals surface area contributed by atoms with Gasteiger partial charge in [-0.15, -0.1) is 0 Å². The standard InChI is InChI=1S/C15H13NO6/c1-9-5-6-22-15(9)12(17)4-3-10-7-11(16(19)20)14(18)13(8-10)21-2/h3-8,18H,1-2H3. The Bertz CT molecular complexity index is 759. The number of methoxy groups -OCH3 is 1. The lowest BCUT2D eigenvalue weighted by atomic mass is 10.1. The number of nitro benzene ring substituents is 1. The number of furan rings is 1. The number of allylic oxidation sites excluding steroid dienone is 1. The molecule has 0 unspecified atom stereocenters. The highest BCUT2D eigenvalue weighted by molar-refractivity contribution is 6.05. The maximum absolute atomic E-state index is 11.9. The summed E-state index contributed by atoms with van der Waals surface area (Å²) in [5.41, 5.74) is 0.545. The van der Waals surface area contributed by atoms with Crippen molar-refractivity contribution < 1.29 is 24.0 Å². The van der Waals surface area contributed by atoms with Gasteiger partial charge in [0.25, 0.3) is 0 Å². The molecule has 0 radical (unpaired) electrons. The Hall–Kier alpha value is -3.09. The topological polar surface area (TPSA) is 103 Å². The average Bonchev–Trinajstić information content (AvgIpc) is 2.91. The molecule has 0 fully saturated rings. The highest BCUT2D eigenvalue weighted by atomic mass is 16.6. The van der Waals surface area contributed by atoms with Crippen molar-refractivity contribution in [2.75, 3.05) is 7.11 Å². The summed E-state index contributed by atoms with van der Waals surface area (Å²) in [6, 6.07) is 4.20. The van der Waals surface area contributed by atoms with E-state index in [2.05, 4.69) is 0 Å². The Morgan fingerprint density at radius 1 is 1.45 bits per heavy atom. The third-order valence-electron chi connectivity index (χ3n) is 3.01. The molecular weight excluding hydrogens is 290 g/mol. The minimum atomic E-state index is -0.728. The zero-order chi connectivity index (χ0) is 16.3. The maximum Gasteiger partial charge on any atom is 0.315 e. The molecule has 2 rings (SSSR count). The van der Waals surface area contributed by atoms with Gasteiger partial charge in [-0.2, -0.15) is 0 Å². The molecule has 0 saturated carbocycles. The SMILES string of the molecule is COc1cc(C=CC(=O)c2occc2C)cc([N+](=O)[O-])c1O. The second kappa shape index (κ2) is 6.13. The van der Waals surface area contributed by atoms with E-state index in [4.69, 9.17) is 9.15 Å². The summed E-state index contributed by atoms with van der Waals surface area (Å²) in [6.45, 7) is 1.74. The highest BCUT2D eigenvalue weighted by Crippen LogP contribution is 2.37. The van der Waals surface area contributed by atoms with Crippen LogP contribution in [0, 0.1) is 17.0 Å². The quantitative estimate of drug-likeness (QED) is 0.394. The number of hydrogen-bond acceptors (Lipinski definition) is 6. The Balaban J connectivity index is 2.35. The number of nitro groups is 1. The van der Waals surface area contributed by atoms with Crippen LogP contribution in [0.1, 0.15) is 21.7 Å². The summed E-state index contributed by atoms with van der Waals surface area (Å²) in [4.78, 5) is 22.1. The molecule has 0 aliphatic heterocycles. The minimum absolute atomic E-state index is 0.0459. The molecule has 2 aromatic rings. The van der Waals surface area contributed by atoms with Crippen LogP contribution in [0.3, 0.4) is 0 Å². The fourth-order valence-corrected chi connectivity index (χ4v) is 1.88. The van der Waals surface area contributed by atoms with Gasteiger partial charge in [0.05, 0.1) is 18.3 Å². The van der Waals surface area contributed by atoms with Crippen LogP contribution in [0.2, 0.25) is 0 Å². The van der Waals surface area contributed by atoms with E-state index < -0.39 is 16.4 Å². The van der Waals surface area contributed by atoms with Gasteiger partial charge >= 0.3 is 5.69 Å². The predicted molar refractivity (Wildman–Crippen MR) is 78.1 cm³/mol. The summed E-state index contributed by atoms with van der Waals surface area (Å²) >= 11 is 0. The lowest BCUT2D eigenvalue weighted by Crippen LogP contribution is -1.95. The van der Waals surface area contributed by atoms with Gasteiger partial charge < -0.3 is 14.3 Å². The Morgan fingerprint density at radius 2 is 2.18 bits per heavy atom. The molecule has 114 valence electrons. The van der Waals surface area contributed by atoms with Crippen LogP contribution in [0.25, 0.3) is 6.08 Å². The van der Waals surface area contributed by atoms with Gasteiger partial charge in [0.1, 0.15) is 0 Å². The fourth-order valence-electron chi connectivity index (χ4n) is 1.88. The molecule has 1 N–H and O–H groups in total. The maximum atomic E-state index is 11.9. The number of ether oxygens (including phenoxy) is 1. The Labute approximate surface area is 125 Å². The van der Waals surface area contributed by atoms with Crippen LogP contribution in [0.4, 0.5) is 5.69 Å². The number of carbonyl (C=O) groups excluding carboxylic acids is 1. The van der Waals surface area contributed by atoms with Gasteiger partial charge in [-0.05, 0) is 36.3 Å². The van der Waals surface area contributed by atoms with Crippen LogP contribution in [-0.4, -0.2) is 22.9 Å². The summed E-state index contributed by atoms with van der Waals surface area (Å²) in [5.74, 6) is -0.762. The van der Waals surface area contributed by atoms with Crippen molar-refractivity contribution in [2.45, 2.75) is 6.92 Å². The number of phenolic OH excluding ortho intramolecular Hbond substituents is 1. The third kappa shape index (κ3) is 2.98. The van der Waals surface area contributed by atoms with E-state index in [1.165, 1.54) is 31.6 Å². The Morgan fingerprint density at radius 3 is 2.73 bits per heavy atom. The zero-order valence-electron chi connectivity index (χ0n) is 11.9. The zero-order valence-corrected chi connectivity index (χ0v) is 11.9. The number of benzene rings is 1. The molecule has 0 spiro atoms. The molecule has 0 bridgehead atoms. The number of ketones is 1. The van der Waals surface area contributed by atoms with E-state index in [1.54, 1.807) is 13.0 Å². The van der Waals surface area contributed by atoms with Crippen molar-refractivity contribution >= 4 is 17.5 Å². The molecule has 22 heavy (non-hydrogen) atoms. The van der Waals surface area contributed by atoms with E-state index >= 15 is 0 Å². The van der Waals surface area contributed by atoms with Gasteiger partial charge in [-0.25, -0.2) is 0 Å². The molecule has 0 aliphatic rings. The number of carbonyl (C=O) groups is 1. The number of nitrogens with zero attached hydrogens (tertiary/aromatic N) is 1. The predicted octanol–water partition coefficient (Wildman–Crippen LogP) is 3.11. The first-order valence-electron chi connectivity index (χ1n) is 6.26. The summed E-state index contributed by atoms with van der Waals surface area (Å²) in [7, 11) is 1.28. The molecule has 1 aromatic carbocycles. The second-order valence-corrected chi connectivity index (χ2v) is 4.48. The van der Waals surface area contributed by atoms with E-state index in [9.17, 15) is 20.0 Å². The third-order valence-corrected chi connectivity index (χ3v) is 3.01. The highest BCUT2D eigenvalue weighted by Gasteiger charge is 2.19. The lowest BCUT2D eigenvalue weighted by molar-refractivity contribution is -0.386. The Kier molecular flexibility index (Phi) is 4.26. The van der Waals surface area contributed by atoms with E-state index in [0.717, 1.165) is 6.07 Å². The molecule has 7 nitrogen and oxygen atoms in total. The number of aryl methyl sites for hydroxylation is 1. The molecule has 1 aromatic heterocycles. The van der Waals surface area contributed by atoms with Crippen molar-refractivity contribution in [3.63, 3.8) is 0 Å². The molecular formula is C15H13NO6. The van der Waals surface area contributed by atoms with E-state index in [1.807, 2.05) is 0 Å². The number of hydrogen-bond donors (Lipinski definition) is 1. The van der Waals surface area contributed by atoms with E-state index in [0.29, 0.717) is 11.1 Å².